The van der Waals surface area contributed by atoms with Crippen molar-refractivity contribution in [1.82, 2.24) is 4.57 Å². The molecule has 0 saturated heterocycles. The number of para-hydroxylation sites is 5. The number of nitrogens with zero attached hydrogens (tertiary/aromatic N) is 2. The molecule has 0 amide bonds. The molecule has 0 saturated carbocycles. The first-order valence-corrected chi connectivity index (χ1v) is 17.9. The Morgan fingerprint density at radius 3 is 1.63 bits per heavy atom. The number of fused-ring (bicyclic) bond motifs is 6. The van der Waals surface area contributed by atoms with Gasteiger partial charge in [0.1, 0.15) is 0 Å². The molecule has 0 bridgehead atoms. The van der Waals surface area contributed by atoms with Crippen LogP contribution in [0.5, 0.6) is 0 Å². The fourth-order valence-electron chi connectivity index (χ4n) is 8.04. The number of anilines is 3. The Morgan fingerprint density at radius 2 is 0.865 bits per heavy atom. The minimum Gasteiger partial charge on any atom is -0.308 e. The average Bonchev–Trinajstić information content (AvgIpc) is 3.56. The first-order valence-electron chi connectivity index (χ1n) is 17.9. The third-order valence-electron chi connectivity index (χ3n) is 10.4. The van der Waals surface area contributed by atoms with Crippen LogP contribution in [0.1, 0.15) is 0 Å². The van der Waals surface area contributed by atoms with Crippen molar-refractivity contribution in [2.24, 2.45) is 0 Å². The normalized spacial score (nSPS) is 11.5. The summed E-state index contributed by atoms with van der Waals surface area (Å²) in [4.78, 5) is 2.45. The lowest BCUT2D eigenvalue weighted by atomic mass is 9.93. The highest BCUT2D eigenvalue weighted by Gasteiger charge is 2.23. The summed E-state index contributed by atoms with van der Waals surface area (Å²) in [5.41, 5.74) is 11.6. The molecule has 0 radical (unpaired) electrons. The van der Waals surface area contributed by atoms with Gasteiger partial charge in [-0.3, -0.25) is 0 Å². The molecule has 244 valence electrons. The minimum atomic E-state index is 1.09. The van der Waals surface area contributed by atoms with Gasteiger partial charge in [0.05, 0.1) is 28.1 Å². The van der Waals surface area contributed by atoms with Crippen LogP contribution in [0.3, 0.4) is 0 Å². The van der Waals surface area contributed by atoms with Crippen molar-refractivity contribution in [1.29, 1.82) is 0 Å². The van der Waals surface area contributed by atoms with Gasteiger partial charge < -0.3 is 9.47 Å². The van der Waals surface area contributed by atoms with Gasteiger partial charge in [0, 0.05) is 22.0 Å². The molecule has 10 rings (SSSR count). The van der Waals surface area contributed by atoms with E-state index in [1.165, 1.54) is 65.6 Å². The highest BCUT2D eigenvalue weighted by Crippen LogP contribution is 2.46. The highest BCUT2D eigenvalue weighted by molar-refractivity contribution is 6.13. The number of hydrogen-bond acceptors (Lipinski definition) is 1. The Balaban J connectivity index is 1.25. The third kappa shape index (κ3) is 4.88. The Bertz CT molecular complexity index is 2850. The van der Waals surface area contributed by atoms with Gasteiger partial charge in [0.25, 0.3) is 0 Å². The maximum absolute atomic E-state index is 2.45. The van der Waals surface area contributed by atoms with E-state index in [0.717, 1.165) is 22.7 Å². The molecule has 0 aliphatic rings. The van der Waals surface area contributed by atoms with E-state index in [1.54, 1.807) is 0 Å². The SMILES string of the molecule is c1ccc(-c2ccc(N(c3ccccc3-c3cccc4c3ccc3ccccc34)c3ccccc3-n3c4ccccc4c4ccccc43)cc2)cc1. The molecule has 0 aliphatic heterocycles. The Hall–Kier alpha value is -6.90. The van der Waals surface area contributed by atoms with E-state index in [-0.39, 0.29) is 0 Å². The van der Waals surface area contributed by atoms with Crippen molar-refractivity contribution >= 4 is 60.4 Å². The van der Waals surface area contributed by atoms with Crippen LogP contribution in [0.25, 0.3) is 71.3 Å². The number of aromatic nitrogens is 1. The second-order valence-corrected chi connectivity index (χ2v) is 13.3. The molecule has 0 fully saturated rings. The fraction of sp³-hybridized carbons (Fsp3) is 0. The highest BCUT2D eigenvalue weighted by atomic mass is 15.2. The first-order chi connectivity index (χ1) is 25.8. The molecule has 1 aromatic heterocycles. The zero-order chi connectivity index (χ0) is 34.4. The molecular formula is C50H34N2. The van der Waals surface area contributed by atoms with Crippen LogP contribution in [0, 0.1) is 0 Å². The van der Waals surface area contributed by atoms with E-state index < -0.39 is 0 Å². The summed E-state index contributed by atoms with van der Waals surface area (Å²) in [7, 11) is 0. The zero-order valence-corrected chi connectivity index (χ0v) is 28.5. The first kappa shape index (κ1) is 30.0. The van der Waals surface area contributed by atoms with Gasteiger partial charge in [0.15, 0.2) is 0 Å². The lowest BCUT2D eigenvalue weighted by Gasteiger charge is -2.30. The molecule has 52 heavy (non-hydrogen) atoms. The summed E-state index contributed by atoms with van der Waals surface area (Å²) in [6.45, 7) is 0. The van der Waals surface area contributed by atoms with Crippen LogP contribution >= 0.6 is 0 Å². The molecule has 0 unspecified atom stereocenters. The average molecular weight is 663 g/mol. The summed E-state index contributed by atoms with van der Waals surface area (Å²) < 4.78 is 2.43. The van der Waals surface area contributed by atoms with Gasteiger partial charge in [-0.2, -0.15) is 0 Å². The van der Waals surface area contributed by atoms with E-state index in [9.17, 15) is 0 Å². The third-order valence-corrected chi connectivity index (χ3v) is 10.4. The minimum absolute atomic E-state index is 1.09. The second kappa shape index (κ2) is 12.5. The summed E-state index contributed by atoms with van der Waals surface area (Å²) >= 11 is 0. The summed E-state index contributed by atoms with van der Waals surface area (Å²) in [5, 5.41) is 7.51. The standard InChI is InChI=1S/C50H34N2/c1-2-15-35(16-3-1)36-29-32-38(33-30-36)51(49-27-12-13-28-50(49)52-47-25-10-7-20-44(47)45-21-8-11-26-48(45)52)46-24-9-6-19-43(46)41-23-14-22-40-39-18-5-4-17-37(39)31-34-42(40)41/h1-34H. The molecule has 0 N–H and O–H groups in total. The van der Waals surface area contributed by atoms with Crippen LogP contribution in [0.2, 0.25) is 0 Å². The zero-order valence-electron chi connectivity index (χ0n) is 28.5. The molecule has 9 aromatic carbocycles. The predicted octanol–water partition coefficient (Wildman–Crippen LogP) is 13.9. The summed E-state index contributed by atoms with van der Waals surface area (Å²) in [5.74, 6) is 0. The molecular weight excluding hydrogens is 629 g/mol. The van der Waals surface area contributed by atoms with Crippen molar-refractivity contribution in [3.8, 4) is 27.9 Å². The molecule has 0 atom stereocenters. The molecule has 10 aromatic rings. The molecule has 0 spiro atoms. The molecule has 2 nitrogen and oxygen atoms in total. The van der Waals surface area contributed by atoms with Crippen LogP contribution in [0.15, 0.2) is 206 Å². The number of rotatable bonds is 6. The van der Waals surface area contributed by atoms with Gasteiger partial charge >= 0.3 is 0 Å². The van der Waals surface area contributed by atoms with Crippen molar-refractivity contribution in [3.05, 3.63) is 206 Å². The topological polar surface area (TPSA) is 8.17 Å². The Kier molecular flexibility index (Phi) is 7.18. The van der Waals surface area contributed by atoms with Crippen LogP contribution < -0.4 is 4.90 Å². The van der Waals surface area contributed by atoms with Gasteiger partial charge in [-0.1, -0.05) is 164 Å². The largest absolute Gasteiger partial charge is 0.308 e. The lowest BCUT2D eigenvalue weighted by Crippen LogP contribution is -2.14. The quantitative estimate of drug-likeness (QED) is 0.161. The van der Waals surface area contributed by atoms with Gasteiger partial charge in [-0.05, 0) is 80.7 Å². The smallest absolute Gasteiger partial charge is 0.0702 e. The predicted molar refractivity (Wildman–Crippen MR) is 221 cm³/mol. The molecule has 0 aliphatic carbocycles. The van der Waals surface area contributed by atoms with E-state index in [4.69, 9.17) is 0 Å². The van der Waals surface area contributed by atoms with Crippen molar-refractivity contribution in [3.63, 3.8) is 0 Å². The summed E-state index contributed by atoms with van der Waals surface area (Å²) in [6.07, 6.45) is 0. The van der Waals surface area contributed by atoms with Crippen molar-refractivity contribution < 1.29 is 0 Å². The molecule has 2 heteroatoms. The fourth-order valence-corrected chi connectivity index (χ4v) is 8.04. The van der Waals surface area contributed by atoms with Gasteiger partial charge in [0.2, 0.25) is 0 Å². The summed E-state index contributed by atoms with van der Waals surface area (Å²) in [6, 6.07) is 74.7. The van der Waals surface area contributed by atoms with Crippen LogP contribution in [-0.2, 0) is 0 Å². The molecule has 1 heterocycles. The van der Waals surface area contributed by atoms with Crippen LogP contribution in [-0.4, -0.2) is 4.57 Å². The van der Waals surface area contributed by atoms with E-state index in [1.807, 2.05) is 0 Å². The van der Waals surface area contributed by atoms with Crippen LogP contribution in [0.4, 0.5) is 17.1 Å². The van der Waals surface area contributed by atoms with Gasteiger partial charge in [-0.15, -0.1) is 0 Å². The number of benzene rings is 9. The lowest BCUT2D eigenvalue weighted by molar-refractivity contribution is 1.15. The van der Waals surface area contributed by atoms with Gasteiger partial charge in [-0.25, -0.2) is 0 Å². The monoisotopic (exact) mass is 662 g/mol. The van der Waals surface area contributed by atoms with Crippen molar-refractivity contribution in [2.45, 2.75) is 0 Å². The Morgan fingerprint density at radius 1 is 0.308 bits per heavy atom. The second-order valence-electron chi connectivity index (χ2n) is 13.3. The van der Waals surface area contributed by atoms with E-state index >= 15 is 0 Å². The maximum Gasteiger partial charge on any atom is 0.0702 e. The number of hydrogen-bond donors (Lipinski definition) is 0. The van der Waals surface area contributed by atoms with E-state index in [0.29, 0.717) is 0 Å². The van der Waals surface area contributed by atoms with E-state index in [2.05, 4.69) is 216 Å². The Labute approximate surface area is 303 Å². The van der Waals surface area contributed by atoms with Crippen molar-refractivity contribution in [2.75, 3.05) is 4.90 Å². The maximum atomic E-state index is 2.45.